The molecule has 9 aromatic rings. The molecule has 0 fully saturated rings. The van der Waals surface area contributed by atoms with Crippen LogP contribution in [-0.2, 0) is 5.41 Å². The van der Waals surface area contributed by atoms with Gasteiger partial charge in [-0.05, 0) is 80.9 Å². The molecule has 0 amide bonds. The van der Waals surface area contributed by atoms with Gasteiger partial charge in [-0.3, -0.25) is 0 Å². The third-order valence-electron chi connectivity index (χ3n) is 11.1. The summed E-state index contributed by atoms with van der Waals surface area (Å²) in [5.41, 5.74) is 16.1. The van der Waals surface area contributed by atoms with Crippen molar-refractivity contribution in [2.75, 3.05) is 4.90 Å². The summed E-state index contributed by atoms with van der Waals surface area (Å²) in [6.07, 6.45) is 0. The van der Waals surface area contributed by atoms with Gasteiger partial charge >= 0.3 is 0 Å². The van der Waals surface area contributed by atoms with Crippen molar-refractivity contribution in [3.05, 3.63) is 210 Å². The predicted octanol–water partition coefficient (Wildman–Crippen LogP) is 13.5. The van der Waals surface area contributed by atoms with Crippen LogP contribution < -0.4 is 4.90 Å². The summed E-state index contributed by atoms with van der Waals surface area (Å²) in [7, 11) is 0. The van der Waals surface area contributed by atoms with E-state index in [2.05, 4.69) is 193 Å². The minimum absolute atomic E-state index is 0.490. The van der Waals surface area contributed by atoms with E-state index >= 15 is 0 Å². The maximum absolute atomic E-state index is 2.47. The van der Waals surface area contributed by atoms with Crippen LogP contribution >= 0.6 is 11.3 Å². The lowest BCUT2D eigenvalue weighted by Crippen LogP contribution is -2.28. The average molecular weight is 666 g/mol. The lowest BCUT2D eigenvalue weighted by Gasteiger charge is -2.35. The Labute approximate surface area is 301 Å². The van der Waals surface area contributed by atoms with Gasteiger partial charge in [-0.25, -0.2) is 0 Å². The minimum atomic E-state index is -0.490. The Morgan fingerprint density at radius 2 is 1.00 bits per heavy atom. The highest BCUT2D eigenvalue weighted by atomic mass is 32.1. The molecule has 1 unspecified atom stereocenters. The van der Waals surface area contributed by atoms with E-state index in [1.165, 1.54) is 81.5 Å². The van der Waals surface area contributed by atoms with Gasteiger partial charge in [0.2, 0.25) is 0 Å². The summed E-state index contributed by atoms with van der Waals surface area (Å²) in [6.45, 7) is 0. The van der Waals surface area contributed by atoms with Crippen molar-refractivity contribution in [1.29, 1.82) is 0 Å². The smallest absolute Gasteiger partial charge is 0.0746 e. The molecule has 11 rings (SSSR count). The predicted molar refractivity (Wildman–Crippen MR) is 216 cm³/mol. The van der Waals surface area contributed by atoms with Crippen LogP contribution in [0.1, 0.15) is 22.3 Å². The van der Waals surface area contributed by atoms with E-state index in [-0.39, 0.29) is 0 Å². The van der Waals surface area contributed by atoms with Crippen molar-refractivity contribution in [3.8, 4) is 33.4 Å². The molecule has 1 nitrogen and oxygen atoms in total. The zero-order valence-corrected chi connectivity index (χ0v) is 28.6. The maximum Gasteiger partial charge on any atom is 0.0746 e. The van der Waals surface area contributed by atoms with E-state index in [9.17, 15) is 0 Å². The number of fused-ring (bicyclic) bond motifs is 14. The molecule has 0 saturated carbocycles. The second-order valence-corrected chi connectivity index (χ2v) is 14.6. The maximum atomic E-state index is 2.47. The summed E-state index contributed by atoms with van der Waals surface area (Å²) in [4.78, 5) is 2.47. The van der Waals surface area contributed by atoms with E-state index in [0.717, 1.165) is 11.4 Å². The van der Waals surface area contributed by atoms with Gasteiger partial charge in [-0.1, -0.05) is 152 Å². The zero-order valence-electron chi connectivity index (χ0n) is 27.8. The van der Waals surface area contributed by atoms with Gasteiger partial charge in [0, 0.05) is 42.7 Å². The molecule has 0 saturated heterocycles. The molecular weight excluding hydrogens is 635 g/mol. The van der Waals surface area contributed by atoms with E-state index in [1.807, 2.05) is 11.3 Å². The van der Waals surface area contributed by atoms with Crippen molar-refractivity contribution < 1.29 is 0 Å². The summed E-state index contributed by atoms with van der Waals surface area (Å²) in [5.74, 6) is 0. The molecule has 0 radical (unpaired) electrons. The molecule has 238 valence electrons. The van der Waals surface area contributed by atoms with Crippen molar-refractivity contribution in [1.82, 2.24) is 0 Å². The first-order valence-electron chi connectivity index (χ1n) is 17.6. The number of anilines is 3. The fourth-order valence-electron chi connectivity index (χ4n) is 9.06. The number of hydrogen-bond donors (Lipinski definition) is 0. The Morgan fingerprint density at radius 3 is 1.80 bits per heavy atom. The lowest BCUT2D eigenvalue weighted by molar-refractivity contribution is 0.793. The van der Waals surface area contributed by atoms with Gasteiger partial charge in [-0.2, -0.15) is 0 Å². The number of thiophene rings is 1. The Kier molecular flexibility index (Phi) is 6.11. The van der Waals surface area contributed by atoms with E-state index in [0.29, 0.717) is 0 Å². The molecule has 1 heterocycles. The summed E-state index contributed by atoms with van der Waals surface area (Å²) < 4.78 is 2.71. The monoisotopic (exact) mass is 665 g/mol. The van der Waals surface area contributed by atoms with Crippen LogP contribution in [0.25, 0.3) is 53.6 Å². The quantitative estimate of drug-likeness (QED) is 0.181. The van der Waals surface area contributed by atoms with Gasteiger partial charge in [0.1, 0.15) is 0 Å². The Morgan fingerprint density at radius 1 is 0.392 bits per heavy atom. The lowest BCUT2D eigenvalue weighted by atomic mass is 9.70. The second kappa shape index (κ2) is 10.9. The number of benzene rings is 8. The highest BCUT2D eigenvalue weighted by Crippen LogP contribution is 2.66. The second-order valence-electron chi connectivity index (χ2n) is 13.6. The first-order chi connectivity index (χ1) is 25.3. The third kappa shape index (κ3) is 3.91. The molecule has 2 aliphatic carbocycles. The number of rotatable bonds is 4. The van der Waals surface area contributed by atoms with Crippen LogP contribution in [0.5, 0.6) is 0 Å². The molecule has 0 N–H and O–H groups in total. The van der Waals surface area contributed by atoms with Crippen molar-refractivity contribution in [2.24, 2.45) is 0 Å². The minimum Gasteiger partial charge on any atom is -0.310 e. The standard InChI is InChI=1S/C49H31NS/c1-3-14-32(15-4-1)33-26-28-35(29-27-33)50(34-16-5-2-6-17-34)44-24-13-21-38-36-18-7-10-22-41(36)49(47(38)44)42-23-11-8-20-40(42)46-43(49)31-30-39-37-19-9-12-25-45(37)51-48(39)46/h1-31H. The fourth-order valence-corrected chi connectivity index (χ4v) is 10.3. The highest BCUT2D eigenvalue weighted by molar-refractivity contribution is 7.26. The first kappa shape index (κ1) is 28.6. The Bertz CT molecular complexity index is 2800. The molecule has 1 aromatic heterocycles. The molecule has 51 heavy (non-hydrogen) atoms. The molecule has 1 atom stereocenters. The van der Waals surface area contributed by atoms with E-state index in [1.54, 1.807) is 0 Å². The molecule has 1 spiro atoms. The Balaban J connectivity index is 1.24. The number of hydrogen-bond acceptors (Lipinski definition) is 2. The van der Waals surface area contributed by atoms with E-state index < -0.39 is 5.41 Å². The molecule has 8 aromatic carbocycles. The number of nitrogens with zero attached hydrogens (tertiary/aromatic N) is 1. The topological polar surface area (TPSA) is 3.24 Å². The van der Waals surface area contributed by atoms with Gasteiger partial charge in [0.05, 0.1) is 11.1 Å². The largest absolute Gasteiger partial charge is 0.310 e. The van der Waals surface area contributed by atoms with E-state index in [4.69, 9.17) is 0 Å². The van der Waals surface area contributed by atoms with Crippen LogP contribution in [0.3, 0.4) is 0 Å². The normalized spacial score (nSPS) is 15.1. The third-order valence-corrected chi connectivity index (χ3v) is 12.3. The Hall–Kier alpha value is -6.22. The van der Waals surface area contributed by atoms with Gasteiger partial charge in [0.15, 0.2) is 0 Å². The van der Waals surface area contributed by atoms with Crippen molar-refractivity contribution in [2.45, 2.75) is 5.41 Å². The highest BCUT2D eigenvalue weighted by Gasteiger charge is 2.53. The summed E-state index contributed by atoms with van der Waals surface area (Å²) in [6, 6.07) is 69.5. The molecule has 0 bridgehead atoms. The van der Waals surface area contributed by atoms with Crippen LogP contribution in [0.2, 0.25) is 0 Å². The summed E-state index contributed by atoms with van der Waals surface area (Å²) in [5, 5.41) is 2.67. The zero-order chi connectivity index (χ0) is 33.5. The van der Waals surface area contributed by atoms with Crippen LogP contribution in [0.4, 0.5) is 17.1 Å². The van der Waals surface area contributed by atoms with Crippen LogP contribution in [0, 0.1) is 0 Å². The van der Waals surface area contributed by atoms with Gasteiger partial charge in [0.25, 0.3) is 0 Å². The van der Waals surface area contributed by atoms with Crippen LogP contribution in [0.15, 0.2) is 188 Å². The van der Waals surface area contributed by atoms with Crippen LogP contribution in [-0.4, -0.2) is 0 Å². The fraction of sp³-hybridized carbons (Fsp3) is 0.0204. The first-order valence-corrected chi connectivity index (χ1v) is 18.4. The average Bonchev–Trinajstić information content (AvgIpc) is 3.83. The van der Waals surface area contributed by atoms with Gasteiger partial charge in [-0.15, -0.1) is 11.3 Å². The molecule has 2 aliphatic rings. The number of para-hydroxylation sites is 1. The summed E-state index contributed by atoms with van der Waals surface area (Å²) >= 11 is 1.93. The molecular formula is C49H31NS. The molecule has 0 aliphatic heterocycles. The van der Waals surface area contributed by atoms with Crippen molar-refractivity contribution >= 4 is 48.6 Å². The van der Waals surface area contributed by atoms with Gasteiger partial charge < -0.3 is 4.90 Å². The SMILES string of the molecule is c1ccc(-c2ccc(N(c3ccccc3)c3cccc4c3C3(c5ccccc5-4)c4ccccc4-c4c3ccc3c4sc4ccccc43)cc2)cc1. The molecule has 2 heteroatoms. The van der Waals surface area contributed by atoms with Crippen molar-refractivity contribution in [3.63, 3.8) is 0 Å².